The quantitative estimate of drug-likeness (QED) is 0.790. The smallest absolute Gasteiger partial charge is 0.293 e. The number of hydrogen-bond donors (Lipinski definition) is 1. The molecule has 3 nitrogen and oxygen atoms in total. The molecule has 1 fully saturated rings. The van der Waals surface area contributed by atoms with Gasteiger partial charge >= 0.3 is 0 Å². The third-order valence-electron chi connectivity index (χ3n) is 3.86. The molecule has 2 heterocycles. The second-order valence-electron chi connectivity index (χ2n) is 5.30. The van der Waals surface area contributed by atoms with Crippen LogP contribution in [0.3, 0.4) is 0 Å². The minimum Gasteiger partial charge on any atom is -0.423 e. The van der Waals surface area contributed by atoms with Crippen LogP contribution in [0.5, 0.6) is 0 Å². The summed E-state index contributed by atoms with van der Waals surface area (Å²) in [6.07, 6.45) is 3.35. The second-order valence-corrected chi connectivity index (χ2v) is 5.30. The summed E-state index contributed by atoms with van der Waals surface area (Å²) in [4.78, 5) is 4.95. The van der Waals surface area contributed by atoms with Gasteiger partial charge in [-0.25, -0.2) is 0 Å². The molecule has 0 saturated carbocycles. The van der Waals surface area contributed by atoms with E-state index in [9.17, 15) is 0 Å². The normalized spacial score (nSPS) is 20.6. The number of benzene rings is 1. The summed E-state index contributed by atoms with van der Waals surface area (Å²) in [5.41, 5.74) is 2.56. The van der Waals surface area contributed by atoms with Gasteiger partial charge in [-0.3, -0.25) is 0 Å². The fourth-order valence-electron chi connectivity index (χ4n) is 2.66. The number of likely N-dealkylation sites (N-methyl/N-ethyl adjacent to an activating group) is 1. The van der Waals surface area contributed by atoms with E-state index < -0.39 is 0 Å². The molecule has 2 aliphatic heterocycles. The molecular weight excluding hydrogens is 221 g/mol. The van der Waals surface area contributed by atoms with Crippen molar-refractivity contribution in [2.24, 2.45) is 0 Å². The van der Waals surface area contributed by atoms with E-state index in [0.717, 1.165) is 6.44 Å². The number of rotatable bonds is 2. The van der Waals surface area contributed by atoms with Crippen molar-refractivity contribution < 1.29 is 0 Å². The lowest BCUT2D eigenvalue weighted by Crippen LogP contribution is -2.49. The second kappa shape index (κ2) is 5.16. The molecule has 0 radical (unpaired) electrons. The average Bonchev–Trinajstić information content (AvgIpc) is 2.41. The van der Waals surface area contributed by atoms with Gasteiger partial charge in [-0.15, -0.1) is 0 Å². The van der Waals surface area contributed by atoms with Crippen LogP contribution < -0.4 is 5.23 Å². The van der Waals surface area contributed by atoms with E-state index >= 15 is 0 Å². The number of nitrogens with zero attached hydrogens (tertiary/aromatic N) is 2. The molecule has 18 heavy (non-hydrogen) atoms. The van der Waals surface area contributed by atoms with Gasteiger partial charge in [-0.05, 0) is 18.7 Å². The highest BCUT2D eigenvalue weighted by molar-refractivity contribution is 6.69. The van der Waals surface area contributed by atoms with Gasteiger partial charge in [0.25, 0.3) is 6.85 Å². The van der Waals surface area contributed by atoms with Crippen LogP contribution in [0.2, 0.25) is 0 Å². The van der Waals surface area contributed by atoms with Crippen molar-refractivity contribution >= 4 is 18.6 Å². The van der Waals surface area contributed by atoms with Crippen molar-refractivity contribution in [2.75, 3.05) is 44.9 Å². The number of piperazine rings is 1. The van der Waals surface area contributed by atoms with Crippen LogP contribution in [-0.2, 0) is 0 Å². The van der Waals surface area contributed by atoms with Crippen LogP contribution in [0.25, 0.3) is 6.08 Å². The third-order valence-corrected chi connectivity index (χ3v) is 3.86. The van der Waals surface area contributed by atoms with Gasteiger partial charge in [0.15, 0.2) is 0 Å². The fourth-order valence-corrected chi connectivity index (χ4v) is 2.66. The average molecular weight is 241 g/mol. The molecule has 0 amide bonds. The topological polar surface area (TPSA) is 18.5 Å². The fraction of sp³-hybridized carbons (Fsp3) is 0.429. The zero-order chi connectivity index (χ0) is 12.4. The number of anilines is 1. The Morgan fingerprint density at radius 1 is 1.17 bits per heavy atom. The summed E-state index contributed by atoms with van der Waals surface area (Å²) >= 11 is 0. The van der Waals surface area contributed by atoms with Gasteiger partial charge in [0.1, 0.15) is 0 Å². The lowest BCUT2D eigenvalue weighted by molar-refractivity contribution is 0.172. The predicted molar refractivity (Wildman–Crippen MR) is 78.8 cm³/mol. The first-order chi connectivity index (χ1) is 8.81. The van der Waals surface area contributed by atoms with Gasteiger partial charge in [0, 0.05) is 38.3 Å². The zero-order valence-electron chi connectivity index (χ0n) is 11.0. The summed E-state index contributed by atoms with van der Waals surface area (Å²) in [5, 5.41) is 3.61. The maximum Gasteiger partial charge on any atom is 0.293 e. The Hall–Kier alpha value is -1.26. The Labute approximate surface area is 110 Å². The Bertz CT molecular complexity index is 438. The third kappa shape index (κ3) is 2.60. The highest BCUT2D eigenvalue weighted by Gasteiger charge is 2.22. The van der Waals surface area contributed by atoms with Crippen LogP contribution >= 0.6 is 0 Å². The molecule has 0 bridgehead atoms. The first kappa shape index (κ1) is 11.8. The van der Waals surface area contributed by atoms with E-state index in [1.807, 2.05) is 0 Å². The molecule has 0 aromatic heterocycles. The van der Waals surface area contributed by atoms with E-state index in [-0.39, 0.29) is 0 Å². The molecule has 2 aliphatic rings. The number of nitrogens with one attached hydrogen (secondary N) is 1. The molecule has 1 N–H and O–H groups in total. The van der Waals surface area contributed by atoms with E-state index in [2.05, 4.69) is 58.4 Å². The molecule has 1 aromatic carbocycles. The van der Waals surface area contributed by atoms with Gasteiger partial charge in [0.05, 0.1) is 0 Å². The minimum absolute atomic E-state index is 0.448. The molecule has 1 saturated heterocycles. The number of fused-ring (bicyclic) bond motifs is 1. The predicted octanol–water partition coefficient (Wildman–Crippen LogP) is 1.44. The Morgan fingerprint density at radius 3 is 2.78 bits per heavy atom. The molecule has 0 atom stereocenters. The lowest BCUT2D eigenvalue weighted by atomic mass is 9.59. The molecular formula is C14H20BN3. The van der Waals surface area contributed by atoms with Crippen LogP contribution in [0.15, 0.2) is 30.2 Å². The highest BCUT2D eigenvalue weighted by atomic mass is 15.2. The van der Waals surface area contributed by atoms with Crippen molar-refractivity contribution in [3.8, 4) is 0 Å². The van der Waals surface area contributed by atoms with Crippen molar-refractivity contribution in [1.29, 1.82) is 0 Å². The first-order valence-corrected chi connectivity index (χ1v) is 6.76. The summed E-state index contributed by atoms with van der Waals surface area (Å²) in [6, 6.07) is 8.50. The molecule has 0 unspecified atom stereocenters. The molecule has 3 rings (SSSR count). The van der Waals surface area contributed by atoms with Gasteiger partial charge in [-0.2, -0.15) is 0 Å². The van der Waals surface area contributed by atoms with Crippen molar-refractivity contribution in [2.45, 2.75) is 0 Å². The Morgan fingerprint density at radius 2 is 1.94 bits per heavy atom. The maximum absolute atomic E-state index is 3.61. The zero-order valence-corrected chi connectivity index (χ0v) is 11.0. The van der Waals surface area contributed by atoms with E-state index in [4.69, 9.17) is 0 Å². The molecule has 94 valence electrons. The molecule has 1 aromatic rings. The summed E-state index contributed by atoms with van der Waals surface area (Å²) in [6.45, 7) is 5.19. The highest BCUT2D eigenvalue weighted by Crippen LogP contribution is 2.21. The van der Waals surface area contributed by atoms with Crippen LogP contribution in [0.4, 0.5) is 5.69 Å². The maximum atomic E-state index is 3.61. The SMILES string of the molecule is CN1CCN(CB2C=Cc3ccccc3N2)CC1. The van der Waals surface area contributed by atoms with Crippen LogP contribution in [0, 0.1) is 0 Å². The molecule has 0 spiro atoms. The standard InChI is InChI=1S/C14H20BN3/c1-17-8-10-18(11-9-17)12-15-7-6-13-4-2-3-5-14(13)16-15/h2-7,16H,8-12H2,1H3. The number of hydrogen-bond acceptors (Lipinski definition) is 3. The summed E-state index contributed by atoms with van der Waals surface area (Å²) < 4.78 is 0. The van der Waals surface area contributed by atoms with Gasteiger partial charge < -0.3 is 15.0 Å². The van der Waals surface area contributed by atoms with Crippen LogP contribution in [-0.4, -0.2) is 56.3 Å². The van der Waals surface area contributed by atoms with E-state index in [1.165, 1.54) is 37.4 Å². The monoisotopic (exact) mass is 241 g/mol. The lowest BCUT2D eigenvalue weighted by Gasteiger charge is -2.34. The van der Waals surface area contributed by atoms with E-state index in [0.29, 0.717) is 6.85 Å². The molecule has 4 heteroatoms. The minimum atomic E-state index is 0.448. The van der Waals surface area contributed by atoms with Gasteiger partial charge in [0.2, 0.25) is 0 Å². The molecule has 0 aliphatic carbocycles. The summed E-state index contributed by atoms with van der Waals surface area (Å²) in [5.74, 6) is 2.29. The van der Waals surface area contributed by atoms with E-state index in [1.54, 1.807) is 0 Å². The Kier molecular flexibility index (Phi) is 3.39. The Balaban J connectivity index is 1.60. The van der Waals surface area contributed by atoms with Crippen LogP contribution in [0.1, 0.15) is 5.56 Å². The van der Waals surface area contributed by atoms with Crippen molar-refractivity contribution in [1.82, 2.24) is 9.80 Å². The summed E-state index contributed by atoms with van der Waals surface area (Å²) in [7, 11) is 2.20. The van der Waals surface area contributed by atoms with Crippen molar-refractivity contribution in [3.05, 3.63) is 35.8 Å². The first-order valence-electron chi connectivity index (χ1n) is 6.76. The largest absolute Gasteiger partial charge is 0.423 e. The van der Waals surface area contributed by atoms with Gasteiger partial charge in [-0.1, -0.05) is 30.3 Å². The number of para-hydroxylation sites is 1. The van der Waals surface area contributed by atoms with Crippen molar-refractivity contribution in [3.63, 3.8) is 0 Å².